The molecule has 1 aromatic rings. The Balaban J connectivity index is 2.10. The van der Waals surface area contributed by atoms with Crippen LogP contribution in [0.4, 0.5) is 10.1 Å². The monoisotopic (exact) mass is 349 g/mol. The molecule has 5 nitrogen and oxygen atoms in total. The molecule has 0 aromatic heterocycles. The molecule has 25 heavy (non-hydrogen) atoms. The lowest BCUT2D eigenvalue weighted by Gasteiger charge is -2.38. The summed E-state index contributed by atoms with van der Waals surface area (Å²) >= 11 is 0. The third-order valence-corrected chi connectivity index (χ3v) is 5.02. The van der Waals surface area contributed by atoms with Crippen molar-refractivity contribution in [3.8, 4) is 0 Å². The minimum absolute atomic E-state index is 0.0190. The second kappa shape index (κ2) is 7.95. The van der Waals surface area contributed by atoms with Crippen LogP contribution >= 0.6 is 0 Å². The Morgan fingerprint density at radius 2 is 2.04 bits per heavy atom. The lowest BCUT2D eigenvalue weighted by Crippen LogP contribution is -2.50. The van der Waals surface area contributed by atoms with Gasteiger partial charge < -0.3 is 10.6 Å². The molecule has 0 saturated carbocycles. The molecule has 1 aliphatic rings. The highest BCUT2D eigenvalue weighted by Gasteiger charge is 2.38. The maximum atomic E-state index is 14.1. The smallest absolute Gasteiger partial charge is 0.254 e. The zero-order valence-corrected chi connectivity index (χ0v) is 15.5. The number of halogens is 1. The largest absolute Gasteiger partial charge is 0.352 e. The van der Waals surface area contributed by atoms with Crippen LogP contribution in [0.15, 0.2) is 18.2 Å². The van der Waals surface area contributed by atoms with E-state index in [0.29, 0.717) is 12.2 Å². The normalized spacial score (nSPS) is 18.2. The molecule has 2 rings (SSSR count). The number of anilines is 1. The molecule has 0 aliphatic carbocycles. The highest BCUT2D eigenvalue weighted by Crippen LogP contribution is 2.29. The molecule has 6 heteroatoms. The Morgan fingerprint density at radius 1 is 1.32 bits per heavy atom. The average Bonchev–Trinajstić information content (AvgIpc) is 3.05. The van der Waals surface area contributed by atoms with Gasteiger partial charge in [0, 0.05) is 17.8 Å². The van der Waals surface area contributed by atoms with Crippen molar-refractivity contribution in [1.82, 2.24) is 10.2 Å². The van der Waals surface area contributed by atoms with Crippen LogP contribution in [0, 0.1) is 5.82 Å². The fourth-order valence-electron chi connectivity index (χ4n) is 3.23. The van der Waals surface area contributed by atoms with E-state index in [4.69, 9.17) is 0 Å². The Bertz CT molecular complexity index is 646. The first-order valence-corrected chi connectivity index (χ1v) is 8.95. The number of amides is 2. The van der Waals surface area contributed by atoms with Crippen LogP contribution in [0.2, 0.25) is 0 Å². The number of carbonyl (C=O) groups is 2. The molecule has 0 spiro atoms. The Kier molecular flexibility index (Phi) is 6.16. The van der Waals surface area contributed by atoms with Gasteiger partial charge in [-0.2, -0.15) is 0 Å². The summed E-state index contributed by atoms with van der Waals surface area (Å²) in [5.41, 5.74) is 0.303. The van der Waals surface area contributed by atoms with E-state index in [1.807, 2.05) is 0 Å². The quantitative estimate of drug-likeness (QED) is 0.829. The first-order valence-electron chi connectivity index (χ1n) is 8.95. The molecule has 1 saturated heterocycles. The van der Waals surface area contributed by atoms with Crippen LogP contribution in [0.1, 0.15) is 57.3 Å². The Labute approximate surface area is 149 Å². The lowest BCUT2D eigenvalue weighted by molar-refractivity contribution is -0.122. The number of hydrogen-bond acceptors (Lipinski definition) is 3. The van der Waals surface area contributed by atoms with E-state index in [2.05, 4.69) is 36.3 Å². The molecule has 2 N–H and O–H groups in total. The molecule has 1 heterocycles. The average molecular weight is 349 g/mol. The minimum atomic E-state index is -0.638. The highest BCUT2D eigenvalue weighted by molar-refractivity contribution is 5.97. The third kappa shape index (κ3) is 4.37. The van der Waals surface area contributed by atoms with Crippen LogP contribution in [0.25, 0.3) is 0 Å². The van der Waals surface area contributed by atoms with Gasteiger partial charge in [0.1, 0.15) is 5.82 Å². The van der Waals surface area contributed by atoms with Crippen LogP contribution in [-0.4, -0.2) is 41.4 Å². The van der Waals surface area contributed by atoms with Crippen molar-refractivity contribution in [2.45, 2.75) is 58.5 Å². The van der Waals surface area contributed by atoms with Crippen molar-refractivity contribution < 1.29 is 14.0 Å². The second-order valence-electron chi connectivity index (χ2n) is 7.06. The zero-order chi connectivity index (χ0) is 18.6. The van der Waals surface area contributed by atoms with Crippen LogP contribution in [-0.2, 0) is 4.79 Å². The maximum Gasteiger partial charge on any atom is 0.254 e. The van der Waals surface area contributed by atoms with Crippen molar-refractivity contribution in [1.29, 1.82) is 0 Å². The fourth-order valence-corrected chi connectivity index (χ4v) is 3.23. The van der Waals surface area contributed by atoms with E-state index in [1.165, 1.54) is 12.1 Å². The summed E-state index contributed by atoms with van der Waals surface area (Å²) in [6, 6.07) is 3.96. The number of nitrogens with one attached hydrogen (secondary N) is 2. The van der Waals surface area contributed by atoms with E-state index in [0.717, 1.165) is 25.8 Å². The van der Waals surface area contributed by atoms with Crippen molar-refractivity contribution in [3.63, 3.8) is 0 Å². The molecular formula is C19H28FN3O2. The molecule has 138 valence electrons. The van der Waals surface area contributed by atoms with Gasteiger partial charge in [0.05, 0.1) is 11.6 Å². The predicted molar refractivity (Wildman–Crippen MR) is 97.1 cm³/mol. The number of hydrogen-bond donors (Lipinski definition) is 2. The van der Waals surface area contributed by atoms with Gasteiger partial charge >= 0.3 is 0 Å². The fraction of sp³-hybridized carbons (Fsp3) is 0.579. The zero-order valence-electron chi connectivity index (χ0n) is 15.5. The number of carbonyl (C=O) groups excluding carboxylic acids is 2. The van der Waals surface area contributed by atoms with Gasteiger partial charge in [-0.15, -0.1) is 0 Å². The number of benzene rings is 1. The predicted octanol–water partition coefficient (Wildman–Crippen LogP) is 3.17. The van der Waals surface area contributed by atoms with E-state index in [-0.39, 0.29) is 23.1 Å². The Morgan fingerprint density at radius 3 is 2.64 bits per heavy atom. The second-order valence-corrected chi connectivity index (χ2v) is 7.06. The van der Waals surface area contributed by atoms with Crippen molar-refractivity contribution in [3.05, 3.63) is 29.6 Å². The number of likely N-dealkylation sites (tertiary alicyclic amines) is 1. The summed E-state index contributed by atoms with van der Waals surface area (Å²) in [4.78, 5) is 26.6. The molecule has 1 aliphatic heterocycles. The van der Waals surface area contributed by atoms with Gasteiger partial charge in [-0.05, 0) is 64.8 Å². The summed E-state index contributed by atoms with van der Waals surface area (Å²) < 4.78 is 14.1. The topological polar surface area (TPSA) is 61.4 Å². The van der Waals surface area contributed by atoms with Crippen molar-refractivity contribution >= 4 is 17.5 Å². The summed E-state index contributed by atoms with van der Waals surface area (Å²) in [7, 11) is 0. The summed E-state index contributed by atoms with van der Waals surface area (Å²) in [6.07, 6.45) is 2.73. The number of rotatable bonds is 6. The van der Waals surface area contributed by atoms with Gasteiger partial charge in [-0.3, -0.25) is 14.5 Å². The first kappa shape index (κ1) is 19.4. The van der Waals surface area contributed by atoms with Crippen LogP contribution in [0.5, 0.6) is 0 Å². The van der Waals surface area contributed by atoms with Gasteiger partial charge in [-0.25, -0.2) is 4.39 Å². The van der Waals surface area contributed by atoms with E-state index >= 15 is 0 Å². The van der Waals surface area contributed by atoms with Gasteiger partial charge in [-0.1, -0.05) is 6.92 Å². The number of nitrogens with zero attached hydrogens (tertiary/aromatic N) is 1. The summed E-state index contributed by atoms with van der Waals surface area (Å²) in [5.74, 6) is -1.21. The van der Waals surface area contributed by atoms with E-state index in [9.17, 15) is 14.0 Å². The van der Waals surface area contributed by atoms with Crippen LogP contribution in [0.3, 0.4) is 0 Å². The molecule has 1 unspecified atom stereocenters. The van der Waals surface area contributed by atoms with E-state index < -0.39 is 11.7 Å². The summed E-state index contributed by atoms with van der Waals surface area (Å²) in [5, 5.41) is 5.36. The minimum Gasteiger partial charge on any atom is -0.352 e. The molecular weight excluding hydrogens is 321 g/mol. The molecule has 1 atom stereocenters. The van der Waals surface area contributed by atoms with Crippen LogP contribution < -0.4 is 10.6 Å². The molecule has 2 amide bonds. The highest BCUT2D eigenvalue weighted by atomic mass is 19.1. The third-order valence-electron chi connectivity index (χ3n) is 5.02. The Hall–Kier alpha value is -1.95. The SMILES string of the molecule is CCNC(=O)c1ccc(NC(=O)C2CCCN2C(C)(C)CC)cc1F. The molecule has 1 fully saturated rings. The first-order chi connectivity index (χ1) is 11.8. The lowest BCUT2D eigenvalue weighted by atomic mass is 9.98. The molecule has 0 radical (unpaired) electrons. The van der Waals surface area contributed by atoms with E-state index in [1.54, 1.807) is 13.0 Å². The van der Waals surface area contributed by atoms with Crippen molar-refractivity contribution in [2.75, 3.05) is 18.4 Å². The van der Waals surface area contributed by atoms with Gasteiger partial charge in [0.2, 0.25) is 5.91 Å². The van der Waals surface area contributed by atoms with Crippen molar-refractivity contribution in [2.24, 2.45) is 0 Å². The van der Waals surface area contributed by atoms with Gasteiger partial charge in [0.25, 0.3) is 5.91 Å². The summed E-state index contributed by atoms with van der Waals surface area (Å²) in [6.45, 7) is 9.49. The maximum absolute atomic E-state index is 14.1. The molecule has 0 bridgehead atoms. The standard InChI is InChI=1S/C19H28FN3O2/c1-5-19(3,4)23-11-7-8-16(23)18(25)22-13-9-10-14(15(20)12-13)17(24)21-6-2/h9-10,12,16H,5-8,11H2,1-4H3,(H,21,24)(H,22,25). The van der Waals surface area contributed by atoms with Gasteiger partial charge in [0.15, 0.2) is 0 Å². The molecule has 1 aromatic carbocycles.